The molecule has 25 heavy (non-hydrogen) atoms. The second kappa shape index (κ2) is 7.97. The molecule has 1 saturated heterocycles. The van der Waals surface area contributed by atoms with Crippen LogP contribution in [0.1, 0.15) is 51.0 Å². The fourth-order valence-electron chi connectivity index (χ4n) is 5.11. The van der Waals surface area contributed by atoms with Crippen molar-refractivity contribution >= 4 is 34.2 Å². The Morgan fingerprint density at radius 3 is 2.36 bits per heavy atom. The first-order chi connectivity index (χ1) is 11.6. The molecule has 0 spiro atoms. The molecule has 7 heteroatoms. The topological polar surface area (TPSA) is 64.2 Å². The average Bonchev–Trinajstić information content (AvgIpc) is 3.01. The van der Waals surface area contributed by atoms with Gasteiger partial charge in [-0.15, -0.1) is 12.4 Å². The van der Waals surface area contributed by atoms with Crippen LogP contribution in [0.4, 0.5) is 0 Å². The van der Waals surface area contributed by atoms with Crippen LogP contribution in [0, 0.1) is 17.8 Å². The number of likely N-dealkylation sites (tertiary alicyclic amines) is 1. The van der Waals surface area contributed by atoms with Crippen LogP contribution in [0.5, 0.6) is 0 Å². The normalized spacial score (nSPS) is 33.0. The zero-order valence-electron chi connectivity index (χ0n) is 14.5. The van der Waals surface area contributed by atoms with Crippen LogP contribution in [-0.2, 0) is 4.79 Å². The van der Waals surface area contributed by atoms with E-state index in [4.69, 9.17) is 5.73 Å². The van der Waals surface area contributed by atoms with Gasteiger partial charge in [0.2, 0.25) is 5.91 Å². The number of aromatic nitrogens is 2. The Hall–Kier alpha value is -0.590. The van der Waals surface area contributed by atoms with Crippen molar-refractivity contribution in [2.24, 2.45) is 23.5 Å². The third kappa shape index (κ3) is 3.91. The van der Waals surface area contributed by atoms with E-state index in [0.29, 0.717) is 29.8 Å². The van der Waals surface area contributed by atoms with Gasteiger partial charge in [0.1, 0.15) is 0 Å². The van der Waals surface area contributed by atoms with Crippen LogP contribution in [-0.4, -0.2) is 39.7 Å². The predicted molar refractivity (Wildman–Crippen MR) is 104 cm³/mol. The highest BCUT2D eigenvalue weighted by Gasteiger charge is 2.42. The zero-order chi connectivity index (χ0) is 16.7. The lowest BCUT2D eigenvalue weighted by molar-refractivity contribution is -0.140. The number of carbonyl (C=O) groups excluding carboxylic acids is 1. The molecule has 1 aliphatic heterocycles. The molecule has 2 heterocycles. The summed E-state index contributed by atoms with van der Waals surface area (Å²) in [7, 11) is 0. The van der Waals surface area contributed by atoms with Gasteiger partial charge in [0.15, 0.2) is 0 Å². The molecule has 1 amide bonds. The van der Waals surface area contributed by atoms with E-state index in [1.54, 1.807) is 0 Å². The summed E-state index contributed by atoms with van der Waals surface area (Å²) in [6.45, 7) is 1.72. The number of halogens is 2. The van der Waals surface area contributed by atoms with E-state index in [9.17, 15) is 4.79 Å². The second-order valence-corrected chi connectivity index (χ2v) is 8.81. The number of hydrogen-bond donors (Lipinski definition) is 1. The molecule has 0 radical (unpaired) electrons. The molecule has 1 aromatic heterocycles. The highest BCUT2D eigenvalue weighted by atomic mass is 79.9. The number of fused-ring (bicyclic) bond motifs is 2. The van der Waals surface area contributed by atoms with Crippen molar-refractivity contribution in [1.29, 1.82) is 0 Å². The van der Waals surface area contributed by atoms with Crippen molar-refractivity contribution in [3.8, 4) is 0 Å². The van der Waals surface area contributed by atoms with Gasteiger partial charge in [0.25, 0.3) is 0 Å². The SMILES string of the molecule is Cl.NC1C2CCCC1CC(C(=O)N1CCC(n3cc(Br)cn3)CC1)C2. The van der Waals surface area contributed by atoms with Gasteiger partial charge in [-0.05, 0) is 66.3 Å². The Kier molecular flexibility index (Phi) is 6.11. The van der Waals surface area contributed by atoms with Crippen LogP contribution in [0.2, 0.25) is 0 Å². The highest BCUT2D eigenvalue weighted by molar-refractivity contribution is 9.10. The van der Waals surface area contributed by atoms with Crippen LogP contribution in [0.15, 0.2) is 16.9 Å². The van der Waals surface area contributed by atoms with Crippen molar-refractivity contribution in [3.05, 3.63) is 16.9 Å². The Labute approximate surface area is 164 Å². The lowest BCUT2D eigenvalue weighted by atomic mass is 9.65. The molecule has 5 nitrogen and oxygen atoms in total. The number of hydrogen-bond acceptors (Lipinski definition) is 3. The molecule has 3 fully saturated rings. The molecule has 1 aromatic rings. The smallest absolute Gasteiger partial charge is 0.225 e. The summed E-state index contributed by atoms with van der Waals surface area (Å²) >= 11 is 3.46. The van der Waals surface area contributed by atoms with Gasteiger partial charge in [-0.1, -0.05) is 6.42 Å². The maximum Gasteiger partial charge on any atom is 0.225 e. The monoisotopic (exact) mass is 430 g/mol. The number of piperidine rings is 1. The third-order valence-electron chi connectivity index (χ3n) is 6.48. The lowest BCUT2D eigenvalue weighted by Gasteiger charge is -2.45. The van der Waals surface area contributed by atoms with Crippen molar-refractivity contribution in [2.75, 3.05) is 13.1 Å². The summed E-state index contributed by atoms with van der Waals surface area (Å²) in [5.41, 5.74) is 6.37. The van der Waals surface area contributed by atoms with Crippen LogP contribution >= 0.6 is 28.3 Å². The van der Waals surface area contributed by atoms with E-state index < -0.39 is 0 Å². The van der Waals surface area contributed by atoms with Crippen LogP contribution < -0.4 is 5.73 Å². The zero-order valence-corrected chi connectivity index (χ0v) is 16.9. The Balaban J connectivity index is 0.00000182. The maximum atomic E-state index is 13.0. The van der Waals surface area contributed by atoms with Crippen molar-refractivity contribution in [3.63, 3.8) is 0 Å². The second-order valence-electron chi connectivity index (χ2n) is 7.89. The van der Waals surface area contributed by atoms with E-state index in [-0.39, 0.29) is 18.3 Å². The predicted octanol–water partition coefficient (Wildman–Crippen LogP) is 3.38. The number of amides is 1. The van der Waals surface area contributed by atoms with E-state index in [2.05, 4.69) is 25.9 Å². The molecular weight excluding hydrogens is 404 g/mol. The first-order valence-corrected chi connectivity index (χ1v) is 10.1. The summed E-state index contributed by atoms with van der Waals surface area (Å²) in [5.74, 6) is 1.75. The van der Waals surface area contributed by atoms with Gasteiger partial charge >= 0.3 is 0 Å². The lowest BCUT2D eigenvalue weighted by Crippen LogP contribution is -2.50. The number of nitrogens with zero attached hydrogens (tertiary/aromatic N) is 3. The summed E-state index contributed by atoms with van der Waals surface area (Å²) in [4.78, 5) is 15.1. The van der Waals surface area contributed by atoms with E-state index >= 15 is 0 Å². The molecule has 2 atom stereocenters. The fraction of sp³-hybridized carbons (Fsp3) is 0.778. The summed E-state index contributed by atoms with van der Waals surface area (Å²) in [6, 6.07) is 0.756. The average molecular weight is 432 g/mol. The molecule has 4 rings (SSSR count). The van der Waals surface area contributed by atoms with Crippen LogP contribution in [0.25, 0.3) is 0 Å². The van der Waals surface area contributed by atoms with Crippen molar-refractivity contribution in [2.45, 2.75) is 57.0 Å². The van der Waals surface area contributed by atoms with Gasteiger partial charge in [-0.2, -0.15) is 5.10 Å². The standard InChI is InChI=1S/C18H27BrN4O.ClH/c19-15-10-21-23(11-15)16-4-6-22(7-5-16)18(24)14-8-12-2-1-3-13(9-14)17(12)20;/h10-14,16-17H,1-9,20H2;1H. The Morgan fingerprint density at radius 2 is 1.80 bits per heavy atom. The highest BCUT2D eigenvalue weighted by Crippen LogP contribution is 2.42. The summed E-state index contributed by atoms with van der Waals surface area (Å²) in [5, 5.41) is 4.40. The number of nitrogens with two attached hydrogens (primary N) is 1. The Morgan fingerprint density at radius 1 is 1.16 bits per heavy atom. The van der Waals surface area contributed by atoms with E-state index in [0.717, 1.165) is 43.2 Å². The first-order valence-electron chi connectivity index (χ1n) is 9.36. The minimum atomic E-state index is 0. The molecule has 0 aromatic carbocycles. The number of carbonyl (C=O) groups is 1. The van der Waals surface area contributed by atoms with Gasteiger partial charge in [0, 0.05) is 31.2 Å². The fourth-order valence-corrected chi connectivity index (χ4v) is 5.42. The third-order valence-corrected chi connectivity index (χ3v) is 6.89. The minimum absolute atomic E-state index is 0. The molecular formula is C18H28BrClN4O. The van der Waals surface area contributed by atoms with Crippen molar-refractivity contribution in [1.82, 2.24) is 14.7 Å². The maximum absolute atomic E-state index is 13.0. The molecule has 2 N–H and O–H groups in total. The summed E-state index contributed by atoms with van der Waals surface area (Å²) < 4.78 is 3.06. The summed E-state index contributed by atoms with van der Waals surface area (Å²) in [6.07, 6.45) is 11.6. The Bertz CT molecular complexity index is 588. The first kappa shape index (κ1) is 19.2. The van der Waals surface area contributed by atoms with Gasteiger partial charge in [-0.3, -0.25) is 9.48 Å². The van der Waals surface area contributed by atoms with Gasteiger partial charge < -0.3 is 10.6 Å². The van der Waals surface area contributed by atoms with Gasteiger partial charge in [-0.25, -0.2) is 0 Å². The van der Waals surface area contributed by atoms with Crippen molar-refractivity contribution < 1.29 is 4.79 Å². The molecule has 2 aliphatic carbocycles. The quantitative estimate of drug-likeness (QED) is 0.780. The largest absolute Gasteiger partial charge is 0.342 e. The number of rotatable bonds is 2. The molecule has 2 unspecified atom stereocenters. The van der Waals surface area contributed by atoms with Crippen LogP contribution in [0.3, 0.4) is 0 Å². The molecule has 2 saturated carbocycles. The van der Waals surface area contributed by atoms with Gasteiger partial charge in [0.05, 0.1) is 16.7 Å². The molecule has 2 bridgehead atoms. The minimum Gasteiger partial charge on any atom is -0.342 e. The van der Waals surface area contributed by atoms with E-state index in [1.165, 1.54) is 19.3 Å². The molecule has 140 valence electrons. The van der Waals surface area contributed by atoms with E-state index in [1.807, 2.05) is 17.1 Å². The molecule has 3 aliphatic rings.